The van der Waals surface area contributed by atoms with E-state index < -0.39 is 17.6 Å². The van der Waals surface area contributed by atoms with Crippen molar-refractivity contribution in [2.75, 3.05) is 6.61 Å². The van der Waals surface area contributed by atoms with Crippen molar-refractivity contribution in [3.63, 3.8) is 0 Å². The molecule has 0 heterocycles. The zero-order valence-electron chi connectivity index (χ0n) is 8.22. The van der Waals surface area contributed by atoms with E-state index in [1.165, 1.54) is 12.1 Å². The molecular weight excluding hydrogens is 394 g/mol. The van der Waals surface area contributed by atoms with Crippen molar-refractivity contribution in [3.05, 3.63) is 31.6 Å². The highest BCUT2D eigenvalue weighted by atomic mass is 127. The minimum atomic E-state index is -1.05. The maximum absolute atomic E-state index is 13.6. The van der Waals surface area contributed by atoms with E-state index in [1.54, 1.807) is 29.5 Å². The first-order valence-corrected chi connectivity index (χ1v) is 6.21. The first-order valence-electron chi connectivity index (χ1n) is 4.34. The zero-order chi connectivity index (χ0) is 12.3. The summed E-state index contributed by atoms with van der Waals surface area (Å²) in [7, 11) is 0. The van der Waals surface area contributed by atoms with Crippen molar-refractivity contribution in [1.82, 2.24) is 0 Å². The van der Waals surface area contributed by atoms with Crippen molar-refractivity contribution in [2.45, 2.75) is 6.92 Å². The molecule has 0 atom stereocenters. The van der Waals surface area contributed by atoms with Gasteiger partial charge in [-0.25, -0.2) is 9.18 Å². The van der Waals surface area contributed by atoms with Crippen LogP contribution >= 0.6 is 38.5 Å². The summed E-state index contributed by atoms with van der Waals surface area (Å²) in [4.78, 5) is 22.8. The molecule has 0 aliphatic carbocycles. The van der Waals surface area contributed by atoms with Crippen molar-refractivity contribution in [3.8, 4) is 0 Å². The molecule has 6 heteroatoms. The Balaban J connectivity index is 3.18. The summed E-state index contributed by atoms with van der Waals surface area (Å²) in [6.45, 7) is 1.65. The van der Waals surface area contributed by atoms with Crippen LogP contribution in [-0.4, -0.2) is 18.4 Å². The molecule has 0 aliphatic rings. The lowest BCUT2D eigenvalue weighted by molar-refractivity contribution is -0.137. The van der Waals surface area contributed by atoms with Gasteiger partial charge < -0.3 is 4.74 Å². The third-order valence-electron chi connectivity index (χ3n) is 1.73. The summed E-state index contributed by atoms with van der Waals surface area (Å²) in [6, 6.07) is 3.01. The van der Waals surface area contributed by atoms with Gasteiger partial charge in [-0.2, -0.15) is 0 Å². The van der Waals surface area contributed by atoms with Crippen molar-refractivity contribution in [2.24, 2.45) is 0 Å². The van der Waals surface area contributed by atoms with Crippen LogP contribution in [0.4, 0.5) is 4.39 Å². The number of halogens is 3. The maximum Gasteiger partial charge on any atom is 0.379 e. The Morgan fingerprint density at radius 2 is 2.12 bits per heavy atom. The summed E-state index contributed by atoms with van der Waals surface area (Å²) < 4.78 is 18.7. The molecule has 86 valence electrons. The van der Waals surface area contributed by atoms with E-state index in [0.29, 0.717) is 0 Å². The third kappa shape index (κ3) is 2.79. The summed E-state index contributed by atoms with van der Waals surface area (Å²) in [5.41, 5.74) is -0.287. The average Bonchev–Trinajstić information content (AvgIpc) is 2.24. The van der Waals surface area contributed by atoms with Gasteiger partial charge in [-0.05, 0) is 57.6 Å². The van der Waals surface area contributed by atoms with Crippen LogP contribution in [0.1, 0.15) is 17.3 Å². The first-order chi connectivity index (χ1) is 7.49. The van der Waals surface area contributed by atoms with Gasteiger partial charge in [0.2, 0.25) is 0 Å². The first kappa shape index (κ1) is 13.6. The summed E-state index contributed by atoms with van der Waals surface area (Å²) in [5, 5.41) is 0. The van der Waals surface area contributed by atoms with Gasteiger partial charge in [-0.15, -0.1) is 0 Å². The van der Waals surface area contributed by atoms with Gasteiger partial charge in [0.1, 0.15) is 5.82 Å². The second-order valence-electron chi connectivity index (χ2n) is 2.77. The lowest BCUT2D eigenvalue weighted by Gasteiger charge is -2.05. The molecule has 0 aromatic heterocycles. The molecule has 0 amide bonds. The van der Waals surface area contributed by atoms with Gasteiger partial charge in [-0.3, -0.25) is 4.79 Å². The number of carbonyl (C=O) groups excluding carboxylic acids is 2. The second-order valence-corrected chi connectivity index (χ2v) is 4.78. The second kappa shape index (κ2) is 5.72. The van der Waals surface area contributed by atoms with Crippen LogP contribution in [0, 0.1) is 9.39 Å². The van der Waals surface area contributed by atoms with Crippen LogP contribution in [0.3, 0.4) is 0 Å². The zero-order valence-corrected chi connectivity index (χ0v) is 12.0. The van der Waals surface area contributed by atoms with Crippen LogP contribution in [-0.2, 0) is 9.53 Å². The maximum atomic E-state index is 13.6. The van der Waals surface area contributed by atoms with E-state index in [4.69, 9.17) is 0 Å². The molecule has 0 aliphatic heterocycles. The molecule has 3 nitrogen and oxygen atoms in total. The van der Waals surface area contributed by atoms with Crippen molar-refractivity contribution < 1.29 is 18.7 Å². The Labute approximate surface area is 114 Å². The predicted molar refractivity (Wildman–Crippen MR) is 67.8 cm³/mol. The minimum absolute atomic E-state index is 0.0771. The monoisotopic (exact) mass is 400 g/mol. The fourth-order valence-corrected chi connectivity index (χ4v) is 1.97. The highest BCUT2D eigenvalue weighted by Crippen LogP contribution is 2.24. The summed E-state index contributed by atoms with van der Waals surface area (Å²) in [6.07, 6.45) is 0. The number of ketones is 1. The van der Waals surface area contributed by atoms with E-state index in [0.717, 1.165) is 0 Å². The van der Waals surface area contributed by atoms with Crippen LogP contribution < -0.4 is 0 Å². The highest BCUT2D eigenvalue weighted by Gasteiger charge is 2.25. The molecule has 16 heavy (non-hydrogen) atoms. The topological polar surface area (TPSA) is 43.4 Å². The lowest BCUT2D eigenvalue weighted by Crippen LogP contribution is -2.19. The van der Waals surface area contributed by atoms with E-state index in [-0.39, 0.29) is 20.2 Å². The molecule has 0 radical (unpaired) electrons. The molecule has 0 saturated heterocycles. The van der Waals surface area contributed by atoms with Crippen LogP contribution in [0.25, 0.3) is 0 Å². The number of hydrogen-bond acceptors (Lipinski definition) is 3. The summed E-state index contributed by atoms with van der Waals surface area (Å²) >= 11 is 4.77. The van der Waals surface area contributed by atoms with E-state index in [9.17, 15) is 14.0 Å². The smallest absolute Gasteiger partial charge is 0.379 e. The number of ether oxygens (including phenoxy) is 1. The molecule has 0 spiro atoms. The molecule has 0 N–H and O–H groups in total. The fourth-order valence-electron chi connectivity index (χ4n) is 1.03. The quantitative estimate of drug-likeness (QED) is 0.257. The van der Waals surface area contributed by atoms with Gasteiger partial charge >= 0.3 is 5.97 Å². The Hall–Kier alpha value is -0.500. The molecule has 1 aromatic rings. The number of hydrogen-bond donors (Lipinski definition) is 0. The number of Topliss-reactive ketones (excluding diaryl/α,β-unsaturated/α-hetero) is 1. The predicted octanol–water partition coefficient (Wildman–Crippen LogP) is 2.94. The SMILES string of the molecule is CCOC(=O)C(=O)c1c(Br)ccc(I)c1F. The normalized spacial score (nSPS) is 10.0. The van der Waals surface area contributed by atoms with E-state index in [1.807, 2.05) is 0 Å². The minimum Gasteiger partial charge on any atom is -0.460 e. The fraction of sp³-hybridized carbons (Fsp3) is 0.200. The molecule has 0 saturated carbocycles. The molecule has 0 bridgehead atoms. The standard InChI is InChI=1S/C10H7BrFIO3/c1-2-16-10(15)9(14)7-5(11)3-4-6(13)8(7)12/h3-4H,2H2,1H3. The van der Waals surface area contributed by atoms with Crippen LogP contribution in [0.5, 0.6) is 0 Å². The lowest BCUT2D eigenvalue weighted by atomic mass is 10.1. The molecule has 1 aromatic carbocycles. The van der Waals surface area contributed by atoms with Crippen molar-refractivity contribution >= 4 is 50.3 Å². The third-order valence-corrected chi connectivity index (χ3v) is 3.23. The number of benzene rings is 1. The molecular formula is C10H7BrFIO3. The molecule has 0 unspecified atom stereocenters. The summed E-state index contributed by atoms with van der Waals surface area (Å²) in [5.74, 6) is -2.75. The number of carbonyl (C=O) groups is 2. The average molecular weight is 401 g/mol. The Kier molecular flexibility index (Phi) is 4.85. The van der Waals surface area contributed by atoms with Crippen LogP contribution in [0.15, 0.2) is 16.6 Å². The Bertz CT molecular complexity index is 448. The largest absolute Gasteiger partial charge is 0.460 e. The molecule has 0 fully saturated rings. The van der Waals surface area contributed by atoms with Gasteiger partial charge in [-0.1, -0.05) is 0 Å². The van der Waals surface area contributed by atoms with Crippen LogP contribution in [0.2, 0.25) is 0 Å². The van der Waals surface area contributed by atoms with Gasteiger partial charge in [0.25, 0.3) is 5.78 Å². The number of rotatable bonds is 3. The van der Waals surface area contributed by atoms with E-state index in [2.05, 4.69) is 20.7 Å². The van der Waals surface area contributed by atoms with Gasteiger partial charge in [0, 0.05) is 8.04 Å². The molecule has 1 rings (SSSR count). The van der Waals surface area contributed by atoms with Crippen molar-refractivity contribution in [1.29, 1.82) is 0 Å². The Morgan fingerprint density at radius 1 is 1.50 bits per heavy atom. The number of esters is 1. The Morgan fingerprint density at radius 3 is 2.69 bits per heavy atom. The van der Waals surface area contributed by atoms with E-state index >= 15 is 0 Å². The van der Waals surface area contributed by atoms with Gasteiger partial charge in [0.05, 0.1) is 12.2 Å². The highest BCUT2D eigenvalue weighted by molar-refractivity contribution is 14.1. The van der Waals surface area contributed by atoms with Gasteiger partial charge in [0.15, 0.2) is 0 Å².